The molecule has 0 bridgehead atoms. The number of hydrogen-bond acceptors (Lipinski definition) is 8. The summed E-state index contributed by atoms with van der Waals surface area (Å²) < 4.78 is 0. The van der Waals surface area contributed by atoms with Crippen LogP contribution in [-0.2, 0) is 6.42 Å². The van der Waals surface area contributed by atoms with Crippen molar-refractivity contribution in [1.82, 2.24) is 20.3 Å². The molecular formula is C19H35N7O. The van der Waals surface area contributed by atoms with Crippen molar-refractivity contribution in [3.8, 4) is 0 Å². The fraction of sp³-hybridized carbons (Fsp3) is 0.789. The van der Waals surface area contributed by atoms with Crippen LogP contribution in [0, 0.1) is 0 Å². The zero-order chi connectivity index (χ0) is 19.7. The topological polar surface area (TPSA) is 121 Å². The number of hydrogen-bond donors (Lipinski definition) is 4. The van der Waals surface area contributed by atoms with Crippen LogP contribution in [0.3, 0.4) is 0 Å². The molecule has 8 nitrogen and oxygen atoms in total. The van der Waals surface area contributed by atoms with Gasteiger partial charge in [0, 0.05) is 44.4 Å². The van der Waals surface area contributed by atoms with Crippen LogP contribution < -0.4 is 16.4 Å². The number of rotatable bonds is 10. The van der Waals surface area contributed by atoms with E-state index in [0.29, 0.717) is 37.4 Å². The van der Waals surface area contributed by atoms with Gasteiger partial charge in [0.25, 0.3) is 0 Å². The zero-order valence-electron chi connectivity index (χ0n) is 16.9. The summed E-state index contributed by atoms with van der Waals surface area (Å²) in [5.74, 6) is 1.41. The molecule has 5 N–H and O–H groups in total. The molecule has 152 valence electrons. The van der Waals surface area contributed by atoms with Crippen molar-refractivity contribution in [3.63, 3.8) is 0 Å². The normalized spacial score (nSPS) is 23.1. The fourth-order valence-corrected chi connectivity index (χ4v) is 3.44. The summed E-state index contributed by atoms with van der Waals surface area (Å²) in [6.45, 7) is 5.22. The van der Waals surface area contributed by atoms with E-state index in [1.165, 1.54) is 0 Å². The van der Waals surface area contributed by atoms with Crippen molar-refractivity contribution in [1.29, 1.82) is 0 Å². The number of nitrogens with zero attached hydrogens (tertiary/aromatic N) is 4. The summed E-state index contributed by atoms with van der Waals surface area (Å²) in [5.41, 5.74) is 5.42. The van der Waals surface area contributed by atoms with Gasteiger partial charge in [-0.05, 0) is 52.4 Å². The number of aliphatic imine (C=N–C) groups is 1. The molecule has 0 radical (unpaired) electrons. The summed E-state index contributed by atoms with van der Waals surface area (Å²) in [6.07, 6.45) is 8.18. The molecule has 1 heterocycles. The van der Waals surface area contributed by atoms with Gasteiger partial charge in [-0.1, -0.05) is 0 Å². The Morgan fingerprint density at radius 2 is 2.00 bits per heavy atom. The van der Waals surface area contributed by atoms with E-state index in [1.54, 1.807) is 20.3 Å². The molecule has 27 heavy (non-hydrogen) atoms. The zero-order valence-corrected chi connectivity index (χ0v) is 16.9. The second-order valence-electron chi connectivity index (χ2n) is 7.60. The molecule has 1 aliphatic rings. The predicted molar refractivity (Wildman–Crippen MR) is 109 cm³/mol. The SMILES string of the molecule is C/N=C(/C)C(C)(O)CCCc1ncnc(NC2CCC(NCCN)CC2)n1. The van der Waals surface area contributed by atoms with Gasteiger partial charge in [0.15, 0.2) is 0 Å². The third-order valence-electron chi connectivity index (χ3n) is 5.44. The molecule has 1 unspecified atom stereocenters. The second kappa shape index (κ2) is 10.6. The maximum absolute atomic E-state index is 10.4. The van der Waals surface area contributed by atoms with Crippen LogP contribution in [0.15, 0.2) is 11.3 Å². The average molecular weight is 378 g/mol. The monoisotopic (exact) mass is 377 g/mol. The molecule has 2 rings (SSSR count). The molecule has 1 aliphatic carbocycles. The van der Waals surface area contributed by atoms with E-state index < -0.39 is 5.60 Å². The van der Waals surface area contributed by atoms with Crippen LogP contribution >= 0.6 is 0 Å². The van der Waals surface area contributed by atoms with Crippen LogP contribution in [0.4, 0.5) is 5.95 Å². The molecule has 8 heteroatoms. The van der Waals surface area contributed by atoms with Gasteiger partial charge < -0.3 is 21.5 Å². The van der Waals surface area contributed by atoms with E-state index in [-0.39, 0.29) is 0 Å². The van der Waals surface area contributed by atoms with E-state index in [1.807, 2.05) is 6.92 Å². The standard InChI is InChI=1S/C19H35N7O/c1-14(21-3)19(2,27)10-4-5-17-23-13-24-18(26-17)25-16-8-6-15(7-9-16)22-12-11-20/h13,15-16,22,27H,4-12,20H2,1-3H3,(H,23,24,25,26)/b21-14-. The fourth-order valence-electron chi connectivity index (χ4n) is 3.44. The second-order valence-corrected chi connectivity index (χ2v) is 7.60. The van der Waals surface area contributed by atoms with Crippen LogP contribution in [0.2, 0.25) is 0 Å². The first-order valence-corrected chi connectivity index (χ1v) is 9.98. The molecule has 1 aromatic heterocycles. The lowest BCUT2D eigenvalue weighted by molar-refractivity contribution is 0.119. The number of anilines is 1. The van der Waals surface area contributed by atoms with Gasteiger partial charge in [-0.15, -0.1) is 0 Å². The smallest absolute Gasteiger partial charge is 0.226 e. The van der Waals surface area contributed by atoms with Crippen LogP contribution in [-0.4, -0.2) is 63.6 Å². The molecule has 1 fully saturated rings. The highest BCUT2D eigenvalue weighted by Gasteiger charge is 2.23. The summed E-state index contributed by atoms with van der Waals surface area (Å²) in [6, 6.07) is 0.976. The highest BCUT2D eigenvalue weighted by molar-refractivity contribution is 5.89. The number of aliphatic hydroxyl groups is 1. The first kappa shape index (κ1) is 21.7. The minimum atomic E-state index is -0.876. The van der Waals surface area contributed by atoms with Crippen molar-refractivity contribution in [2.24, 2.45) is 10.7 Å². The molecule has 0 aromatic carbocycles. The maximum atomic E-state index is 10.4. The Bertz CT molecular complexity index is 597. The molecular weight excluding hydrogens is 342 g/mol. The largest absolute Gasteiger partial charge is 0.384 e. The minimum absolute atomic E-state index is 0.403. The lowest BCUT2D eigenvalue weighted by atomic mass is 9.91. The number of nitrogens with two attached hydrogens (primary N) is 1. The van der Waals surface area contributed by atoms with Gasteiger partial charge in [0.1, 0.15) is 12.2 Å². The van der Waals surface area contributed by atoms with Gasteiger partial charge in [0.05, 0.1) is 5.60 Å². The predicted octanol–water partition coefficient (Wildman–Crippen LogP) is 1.31. The molecule has 0 amide bonds. The molecule has 1 saturated carbocycles. The molecule has 0 spiro atoms. The van der Waals surface area contributed by atoms with E-state index >= 15 is 0 Å². The van der Waals surface area contributed by atoms with Crippen LogP contribution in [0.5, 0.6) is 0 Å². The Morgan fingerprint density at radius 1 is 1.30 bits per heavy atom. The van der Waals surface area contributed by atoms with E-state index in [9.17, 15) is 5.11 Å². The van der Waals surface area contributed by atoms with E-state index in [2.05, 4.69) is 30.6 Å². The van der Waals surface area contributed by atoms with Crippen molar-refractivity contribution < 1.29 is 5.11 Å². The van der Waals surface area contributed by atoms with Crippen molar-refractivity contribution in [2.75, 3.05) is 25.5 Å². The number of nitrogens with one attached hydrogen (secondary N) is 2. The third kappa shape index (κ3) is 7.12. The van der Waals surface area contributed by atoms with E-state index in [4.69, 9.17) is 5.73 Å². The summed E-state index contributed by atoms with van der Waals surface area (Å²) >= 11 is 0. The molecule has 1 aromatic rings. The van der Waals surface area contributed by atoms with Gasteiger partial charge >= 0.3 is 0 Å². The van der Waals surface area contributed by atoms with Crippen LogP contribution in [0.25, 0.3) is 0 Å². The van der Waals surface area contributed by atoms with Crippen molar-refractivity contribution in [2.45, 2.75) is 76.5 Å². The maximum Gasteiger partial charge on any atom is 0.226 e. The number of aryl methyl sites for hydroxylation is 1. The van der Waals surface area contributed by atoms with Gasteiger partial charge in [-0.2, -0.15) is 4.98 Å². The lowest BCUT2D eigenvalue weighted by Gasteiger charge is -2.29. The molecule has 0 saturated heterocycles. The Morgan fingerprint density at radius 3 is 2.67 bits per heavy atom. The van der Waals surface area contributed by atoms with Crippen molar-refractivity contribution >= 4 is 11.7 Å². The molecule has 0 aliphatic heterocycles. The highest BCUT2D eigenvalue weighted by atomic mass is 16.3. The quantitative estimate of drug-likeness (QED) is 0.454. The minimum Gasteiger partial charge on any atom is -0.384 e. The summed E-state index contributed by atoms with van der Waals surface area (Å²) in [7, 11) is 1.70. The Balaban J connectivity index is 1.79. The van der Waals surface area contributed by atoms with Gasteiger partial charge in [-0.3, -0.25) is 4.99 Å². The van der Waals surface area contributed by atoms with Crippen molar-refractivity contribution in [3.05, 3.63) is 12.2 Å². The third-order valence-corrected chi connectivity index (χ3v) is 5.44. The first-order valence-electron chi connectivity index (χ1n) is 9.98. The van der Waals surface area contributed by atoms with Crippen LogP contribution in [0.1, 0.15) is 58.2 Å². The Labute approximate surface area is 162 Å². The first-order chi connectivity index (χ1) is 12.9. The molecule has 1 atom stereocenters. The Hall–Kier alpha value is -1.64. The van der Waals surface area contributed by atoms with Gasteiger partial charge in [-0.25, -0.2) is 9.97 Å². The highest BCUT2D eigenvalue weighted by Crippen LogP contribution is 2.21. The summed E-state index contributed by atoms with van der Waals surface area (Å²) in [4.78, 5) is 17.2. The van der Waals surface area contributed by atoms with E-state index in [0.717, 1.165) is 50.2 Å². The Kier molecular flexibility index (Phi) is 8.53. The lowest BCUT2D eigenvalue weighted by Crippen LogP contribution is -2.39. The average Bonchev–Trinajstić information content (AvgIpc) is 2.67. The van der Waals surface area contributed by atoms with Gasteiger partial charge in [0.2, 0.25) is 5.95 Å². The number of aromatic nitrogens is 3. The summed E-state index contributed by atoms with van der Waals surface area (Å²) in [5, 5.41) is 17.3.